The Morgan fingerprint density at radius 1 is 0.867 bits per heavy atom. The van der Waals surface area contributed by atoms with Crippen molar-refractivity contribution in [3.8, 4) is 0 Å². The molecule has 0 radical (unpaired) electrons. The molecule has 0 fully saturated rings. The van der Waals surface area contributed by atoms with Gasteiger partial charge >= 0.3 is 6.03 Å². The van der Waals surface area contributed by atoms with E-state index in [1.54, 1.807) is 4.57 Å². The third kappa shape index (κ3) is 2.77. The number of hydrogen-bond acceptors (Lipinski definition) is 3. The molecule has 1 unspecified atom stereocenters. The summed E-state index contributed by atoms with van der Waals surface area (Å²) in [4.78, 5) is 15.9. The molecule has 5 rings (SSSR count). The minimum atomic E-state index is -0.0185. The molecule has 0 aliphatic carbocycles. The van der Waals surface area contributed by atoms with E-state index < -0.39 is 0 Å². The number of hydrogen-bond donors (Lipinski definition) is 0. The zero-order valence-electron chi connectivity index (χ0n) is 17.4. The van der Waals surface area contributed by atoms with Crippen molar-refractivity contribution in [3.05, 3.63) is 102 Å². The smallest absolute Gasteiger partial charge is 0.349 e. The standard InChI is InChI=1S/C25H26N4O/c1-3-26(4-2)24-22(20-14-9-6-10-15-20)23-21-16-11-17-27(21)25(30)29(24)28(23)18-19-12-7-5-8-13-19/h5-17,23H,3-4,18H2,1-2H3. The Kier molecular flexibility index (Phi) is 4.68. The summed E-state index contributed by atoms with van der Waals surface area (Å²) in [5.74, 6) is 1.00. The highest BCUT2D eigenvalue weighted by atomic mass is 16.2. The molecule has 0 N–H and O–H groups in total. The fourth-order valence-corrected chi connectivity index (χ4v) is 4.68. The van der Waals surface area contributed by atoms with E-state index >= 15 is 0 Å². The summed E-state index contributed by atoms with van der Waals surface area (Å²) in [6.07, 6.45) is 1.88. The number of aromatic nitrogens is 1. The molecular weight excluding hydrogens is 372 g/mol. The van der Waals surface area contributed by atoms with E-state index in [1.807, 2.05) is 29.4 Å². The average molecular weight is 399 g/mol. The van der Waals surface area contributed by atoms with Gasteiger partial charge in [-0.1, -0.05) is 60.7 Å². The predicted octanol–water partition coefficient (Wildman–Crippen LogP) is 4.95. The molecule has 5 heteroatoms. The van der Waals surface area contributed by atoms with Gasteiger partial charge in [0.05, 0.1) is 5.69 Å². The van der Waals surface area contributed by atoms with E-state index in [0.29, 0.717) is 6.54 Å². The largest absolute Gasteiger partial charge is 0.357 e. The topological polar surface area (TPSA) is 31.7 Å². The van der Waals surface area contributed by atoms with Gasteiger partial charge in [-0.3, -0.25) is 4.57 Å². The molecule has 2 bridgehead atoms. The highest BCUT2D eigenvalue weighted by molar-refractivity contribution is 5.89. The monoisotopic (exact) mass is 398 g/mol. The molecule has 2 aliphatic heterocycles. The first kappa shape index (κ1) is 18.7. The lowest BCUT2D eigenvalue weighted by atomic mass is 9.96. The molecule has 0 saturated heterocycles. The molecule has 0 saturated carbocycles. The number of carbonyl (C=O) groups is 1. The molecule has 0 spiro atoms. The fourth-order valence-electron chi connectivity index (χ4n) is 4.68. The predicted molar refractivity (Wildman–Crippen MR) is 118 cm³/mol. The lowest BCUT2D eigenvalue weighted by molar-refractivity contribution is -0.00140. The summed E-state index contributed by atoms with van der Waals surface area (Å²) < 4.78 is 1.80. The summed E-state index contributed by atoms with van der Waals surface area (Å²) in [5.41, 5.74) is 4.56. The van der Waals surface area contributed by atoms with Crippen molar-refractivity contribution in [2.45, 2.75) is 26.4 Å². The summed E-state index contributed by atoms with van der Waals surface area (Å²) in [5, 5.41) is 4.13. The highest BCUT2D eigenvalue weighted by Crippen LogP contribution is 2.50. The van der Waals surface area contributed by atoms with E-state index in [4.69, 9.17) is 0 Å². The summed E-state index contributed by atoms with van der Waals surface area (Å²) >= 11 is 0. The van der Waals surface area contributed by atoms with Gasteiger partial charge in [0.15, 0.2) is 0 Å². The maximum absolute atomic E-state index is 13.6. The van der Waals surface area contributed by atoms with Crippen molar-refractivity contribution in [2.75, 3.05) is 13.1 Å². The van der Waals surface area contributed by atoms with Crippen LogP contribution in [-0.2, 0) is 6.54 Å². The second-order valence-electron chi connectivity index (χ2n) is 7.66. The molecule has 1 aromatic heterocycles. The Labute approximate surface area is 177 Å². The number of benzene rings is 2. The minimum absolute atomic E-state index is 0.0177. The molecule has 152 valence electrons. The van der Waals surface area contributed by atoms with Crippen molar-refractivity contribution >= 4 is 11.6 Å². The Morgan fingerprint density at radius 3 is 2.20 bits per heavy atom. The molecule has 2 aromatic carbocycles. The Balaban J connectivity index is 1.73. The van der Waals surface area contributed by atoms with Gasteiger partial charge in [0, 0.05) is 31.4 Å². The lowest BCUT2D eigenvalue weighted by Crippen LogP contribution is -2.51. The van der Waals surface area contributed by atoms with Crippen molar-refractivity contribution in [3.63, 3.8) is 0 Å². The number of nitrogens with zero attached hydrogens (tertiary/aromatic N) is 4. The maximum atomic E-state index is 13.6. The third-order valence-corrected chi connectivity index (χ3v) is 6.05. The van der Waals surface area contributed by atoms with E-state index in [2.05, 4.69) is 78.4 Å². The minimum Gasteiger partial charge on any atom is -0.357 e. The summed E-state index contributed by atoms with van der Waals surface area (Å²) in [7, 11) is 0. The number of rotatable bonds is 6. The Hall–Kier alpha value is -3.31. The summed E-state index contributed by atoms with van der Waals surface area (Å²) in [6, 6.07) is 24.9. The van der Waals surface area contributed by atoms with Crippen LogP contribution in [0.4, 0.5) is 4.79 Å². The lowest BCUT2D eigenvalue weighted by Gasteiger charge is -2.40. The van der Waals surface area contributed by atoms with E-state index in [0.717, 1.165) is 30.2 Å². The van der Waals surface area contributed by atoms with E-state index in [9.17, 15) is 4.79 Å². The number of carbonyl (C=O) groups excluding carboxylic acids is 1. The normalized spacial score (nSPS) is 18.1. The van der Waals surface area contributed by atoms with Crippen LogP contribution in [0.5, 0.6) is 0 Å². The van der Waals surface area contributed by atoms with Gasteiger partial charge in [-0.15, -0.1) is 0 Å². The van der Waals surface area contributed by atoms with Gasteiger partial charge in [-0.2, -0.15) is 5.01 Å². The molecule has 1 amide bonds. The van der Waals surface area contributed by atoms with Gasteiger partial charge in [-0.25, -0.2) is 9.80 Å². The van der Waals surface area contributed by atoms with Crippen LogP contribution in [0.15, 0.2) is 84.8 Å². The van der Waals surface area contributed by atoms with Crippen LogP contribution in [0, 0.1) is 0 Å². The third-order valence-electron chi connectivity index (χ3n) is 6.05. The molecule has 3 heterocycles. The van der Waals surface area contributed by atoms with Gasteiger partial charge in [0.1, 0.15) is 11.9 Å². The van der Waals surface area contributed by atoms with Gasteiger partial charge in [-0.05, 0) is 37.1 Å². The van der Waals surface area contributed by atoms with Crippen LogP contribution in [-0.4, -0.2) is 38.6 Å². The second kappa shape index (κ2) is 7.50. The second-order valence-corrected chi connectivity index (χ2v) is 7.66. The zero-order chi connectivity index (χ0) is 20.7. The van der Waals surface area contributed by atoms with Crippen molar-refractivity contribution < 1.29 is 4.79 Å². The van der Waals surface area contributed by atoms with Crippen molar-refractivity contribution in [1.82, 2.24) is 19.5 Å². The molecule has 2 aliphatic rings. The quantitative estimate of drug-likeness (QED) is 0.589. The molecular formula is C25H26N4O. The van der Waals surface area contributed by atoms with Crippen LogP contribution >= 0.6 is 0 Å². The number of hydrazine groups is 1. The van der Waals surface area contributed by atoms with Crippen LogP contribution < -0.4 is 0 Å². The SMILES string of the molecule is CCN(CC)C1=C(c2ccccc2)C2c3cccn3C(=O)N1N2Cc1ccccc1. The molecule has 3 aromatic rings. The molecule has 1 atom stereocenters. The van der Waals surface area contributed by atoms with Gasteiger partial charge in [0.25, 0.3) is 0 Å². The van der Waals surface area contributed by atoms with Crippen LogP contribution in [0.3, 0.4) is 0 Å². The molecule has 30 heavy (non-hydrogen) atoms. The van der Waals surface area contributed by atoms with Crippen LogP contribution in [0.25, 0.3) is 5.57 Å². The number of amides is 1. The fraction of sp³-hybridized carbons (Fsp3) is 0.240. The van der Waals surface area contributed by atoms with E-state index in [1.165, 1.54) is 11.1 Å². The van der Waals surface area contributed by atoms with Crippen molar-refractivity contribution in [2.24, 2.45) is 0 Å². The first-order valence-corrected chi connectivity index (χ1v) is 10.6. The average Bonchev–Trinajstić information content (AvgIpc) is 3.37. The van der Waals surface area contributed by atoms with Gasteiger partial charge < -0.3 is 4.90 Å². The van der Waals surface area contributed by atoms with Crippen molar-refractivity contribution in [1.29, 1.82) is 0 Å². The molecule has 5 nitrogen and oxygen atoms in total. The highest BCUT2D eigenvalue weighted by Gasteiger charge is 2.50. The number of fused-ring (bicyclic) bond motifs is 4. The van der Waals surface area contributed by atoms with Gasteiger partial charge in [0.2, 0.25) is 0 Å². The maximum Gasteiger partial charge on any atom is 0.349 e. The Morgan fingerprint density at radius 2 is 1.53 bits per heavy atom. The Bertz CT molecular complexity index is 1080. The first-order valence-electron chi connectivity index (χ1n) is 10.6. The zero-order valence-corrected chi connectivity index (χ0v) is 17.4. The van der Waals surface area contributed by atoms with E-state index in [-0.39, 0.29) is 12.1 Å². The first-order chi connectivity index (χ1) is 14.7. The summed E-state index contributed by atoms with van der Waals surface area (Å²) in [6.45, 7) is 6.65. The van der Waals surface area contributed by atoms with Crippen LogP contribution in [0.1, 0.15) is 36.7 Å². The van der Waals surface area contributed by atoms with Crippen LogP contribution in [0.2, 0.25) is 0 Å².